The van der Waals surface area contributed by atoms with Gasteiger partial charge in [-0.25, -0.2) is 9.78 Å². The maximum Gasteiger partial charge on any atom is 0.338 e. The first kappa shape index (κ1) is 20.2. The SMILES string of the molecule is COc1ccc(C(=O)OCc2cnc(-c3ccc(OCc4ccccc4)cc3)o2)cc1. The van der Waals surface area contributed by atoms with Crippen LogP contribution in [0.3, 0.4) is 0 Å². The van der Waals surface area contributed by atoms with E-state index in [4.69, 9.17) is 18.6 Å². The first-order valence-corrected chi connectivity index (χ1v) is 9.74. The highest BCUT2D eigenvalue weighted by molar-refractivity contribution is 5.89. The number of esters is 1. The van der Waals surface area contributed by atoms with Crippen molar-refractivity contribution in [1.82, 2.24) is 4.98 Å². The van der Waals surface area contributed by atoms with Gasteiger partial charge < -0.3 is 18.6 Å². The Balaban J connectivity index is 1.32. The molecule has 6 heteroatoms. The lowest BCUT2D eigenvalue weighted by Gasteiger charge is -2.06. The van der Waals surface area contributed by atoms with Gasteiger partial charge in [-0.1, -0.05) is 30.3 Å². The molecular formula is C25H21NO5. The molecule has 156 valence electrons. The minimum atomic E-state index is -0.444. The molecule has 0 saturated carbocycles. The van der Waals surface area contributed by atoms with Crippen molar-refractivity contribution >= 4 is 5.97 Å². The average Bonchev–Trinajstić information content (AvgIpc) is 3.31. The fourth-order valence-corrected chi connectivity index (χ4v) is 2.89. The standard InChI is InChI=1S/C25H21NO5/c1-28-21-11-9-20(10-12-21)25(27)30-17-23-15-26-24(31-23)19-7-13-22(14-8-19)29-16-18-5-3-2-4-6-18/h2-15H,16-17H2,1H3. The number of hydrogen-bond donors (Lipinski definition) is 0. The molecule has 0 spiro atoms. The highest BCUT2D eigenvalue weighted by atomic mass is 16.5. The summed E-state index contributed by atoms with van der Waals surface area (Å²) < 4.78 is 21.9. The van der Waals surface area contributed by atoms with Gasteiger partial charge in [0.05, 0.1) is 18.9 Å². The molecule has 0 atom stereocenters. The number of oxazole rings is 1. The van der Waals surface area contributed by atoms with Crippen LogP contribution in [0.5, 0.6) is 11.5 Å². The van der Waals surface area contributed by atoms with Crippen LogP contribution in [0.4, 0.5) is 0 Å². The van der Waals surface area contributed by atoms with Crippen molar-refractivity contribution in [3.05, 3.63) is 102 Å². The molecule has 1 aromatic heterocycles. The molecule has 1 heterocycles. The molecule has 0 saturated heterocycles. The summed E-state index contributed by atoms with van der Waals surface area (Å²) in [6.07, 6.45) is 1.55. The van der Waals surface area contributed by atoms with Gasteiger partial charge in [0, 0.05) is 5.56 Å². The summed E-state index contributed by atoms with van der Waals surface area (Å²) in [6.45, 7) is 0.499. The lowest BCUT2D eigenvalue weighted by molar-refractivity contribution is 0.0446. The van der Waals surface area contributed by atoms with Crippen molar-refractivity contribution < 1.29 is 23.4 Å². The van der Waals surface area contributed by atoms with Crippen LogP contribution in [-0.2, 0) is 18.0 Å². The number of carbonyl (C=O) groups is 1. The van der Waals surface area contributed by atoms with E-state index in [1.165, 1.54) is 0 Å². The quantitative estimate of drug-likeness (QED) is 0.364. The Labute approximate surface area is 180 Å². The van der Waals surface area contributed by atoms with Crippen LogP contribution in [0.1, 0.15) is 21.7 Å². The molecule has 0 bridgehead atoms. The second-order valence-electron chi connectivity index (χ2n) is 6.74. The predicted octanol–water partition coefficient (Wildman–Crippen LogP) is 5.29. The Hall–Kier alpha value is -4.06. The number of methoxy groups -OCH3 is 1. The van der Waals surface area contributed by atoms with E-state index in [1.54, 1.807) is 37.6 Å². The van der Waals surface area contributed by atoms with E-state index in [0.29, 0.717) is 29.6 Å². The molecule has 0 amide bonds. The summed E-state index contributed by atoms with van der Waals surface area (Å²) in [7, 11) is 1.57. The topological polar surface area (TPSA) is 70.8 Å². The van der Waals surface area contributed by atoms with Gasteiger partial charge in [-0.3, -0.25) is 0 Å². The summed E-state index contributed by atoms with van der Waals surface area (Å²) >= 11 is 0. The molecule has 4 rings (SSSR count). The Morgan fingerprint density at radius 3 is 2.29 bits per heavy atom. The van der Waals surface area contributed by atoms with Gasteiger partial charge in [-0.15, -0.1) is 0 Å². The molecule has 0 fully saturated rings. The molecule has 4 aromatic rings. The Morgan fingerprint density at radius 1 is 0.871 bits per heavy atom. The zero-order chi connectivity index (χ0) is 21.5. The molecule has 0 unspecified atom stereocenters. The molecule has 0 aliphatic carbocycles. The monoisotopic (exact) mass is 415 g/mol. The van der Waals surface area contributed by atoms with Crippen LogP contribution in [0.15, 0.2) is 89.5 Å². The predicted molar refractivity (Wildman–Crippen MR) is 115 cm³/mol. The van der Waals surface area contributed by atoms with E-state index in [-0.39, 0.29) is 6.61 Å². The maximum atomic E-state index is 12.2. The fraction of sp³-hybridized carbons (Fsp3) is 0.120. The minimum Gasteiger partial charge on any atom is -0.497 e. The molecular weight excluding hydrogens is 394 g/mol. The summed E-state index contributed by atoms with van der Waals surface area (Å²) in [5.74, 6) is 1.90. The Kier molecular flexibility index (Phi) is 6.28. The normalized spacial score (nSPS) is 10.5. The number of nitrogens with zero attached hydrogens (tertiary/aromatic N) is 1. The average molecular weight is 415 g/mol. The first-order valence-electron chi connectivity index (χ1n) is 9.74. The van der Waals surface area contributed by atoms with Crippen LogP contribution in [0, 0.1) is 0 Å². The second kappa shape index (κ2) is 9.63. The van der Waals surface area contributed by atoms with E-state index in [0.717, 1.165) is 16.9 Å². The van der Waals surface area contributed by atoms with Crippen LogP contribution >= 0.6 is 0 Å². The molecule has 31 heavy (non-hydrogen) atoms. The van der Waals surface area contributed by atoms with Crippen LogP contribution < -0.4 is 9.47 Å². The summed E-state index contributed by atoms with van der Waals surface area (Å²) in [5.41, 5.74) is 2.35. The van der Waals surface area contributed by atoms with Crippen molar-refractivity contribution in [3.63, 3.8) is 0 Å². The van der Waals surface area contributed by atoms with Crippen molar-refractivity contribution in [1.29, 1.82) is 0 Å². The summed E-state index contributed by atoms with van der Waals surface area (Å²) in [4.78, 5) is 16.4. The van der Waals surface area contributed by atoms with Gasteiger partial charge in [0.1, 0.15) is 18.1 Å². The van der Waals surface area contributed by atoms with Gasteiger partial charge in [0.15, 0.2) is 12.4 Å². The number of rotatable bonds is 8. The largest absolute Gasteiger partial charge is 0.497 e. The Bertz CT molecular complexity index is 1120. The van der Waals surface area contributed by atoms with Crippen molar-refractivity contribution in [3.8, 4) is 23.0 Å². The van der Waals surface area contributed by atoms with Crippen LogP contribution in [0.25, 0.3) is 11.5 Å². The minimum absolute atomic E-state index is 0.00384. The lowest BCUT2D eigenvalue weighted by atomic mass is 10.2. The van der Waals surface area contributed by atoms with Crippen molar-refractivity contribution in [2.45, 2.75) is 13.2 Å². The third-order valence-electron chi connectivity index (χ3n) is 4.57. The smallest absolute Gasteiger partial charge is 0.338 e. The lowest BCUT2D eigenvalue weighted by Crippen LogP contribution is -2.04. The van der Waals surface area contributed by atoms with Crippen molar-refractivity contribution in [2.75, 3.05) is 7.11 Å². The fourth-order valence-electron chi connectivity index (χ4n) is 2.89. The van der Waals surface area contributed by atoms with Crippen LogP contribution in [-0.4, -0.2) is 18.1 Å². The zero-order valence-corrected chi connectivity index (χ0v) is 17.0. The highest BCUT2D eigenvalue weighted by Gasteiger charge is 2.11. The number of ether oxygens (including phenoxy) is 3. The first-order chi connectivity index (χ1) is 15.2. The van der Waals surface area contributed by atoms with Crippen molar-refractivity contribution in [2.24, 2.45) is 0 Å². The van der Waals surface area contributed by atoms with E-state index < -0.39 is 5.97 Å². The molecule has 6 nitrogen and oxygen atoms in total. The van der Waals surface area contributed by atoms with Gasteiger partial charge >= 0.3 is 5.97 Å². The van der Waals surface area contributed by atoms with E-state index in [9.17, 15) is 4.79 Å². The van der Waals surface area contributed by atoms with Crippen LogP contribution in [0.2, 0.25) is 0 Å². The van der Waals surface area contributed by atoms with E-state index in [2.05, 4.69) is 4.98 Å². The molecule has 3 aromatic carbocycles. The van der Waals surface area contributed by atoms with E-state index >= 15 is 0 Å². The third-order valence-corrected chi connectivity index (χ3v) is 4.57. The maximum absolute atomic E-state index is 12.2. The highest BCUT2D eigenvalue weighted by Crippen LogP contribution is 2.23. The third kappa shape index (κ3) is 5.30. The second-order valence-corrected chi connectivity index (χ2v) is 6.74. The molecule has 0 N–H and O–H groups in total. The number of aromatic nitrogens is 1. The number of carbonyl (C=O) groups excluding carboxylic acids is 1. The zero-order valence-electron chi connectivity index (χ0n) is 17.0. The van der Waals surface area contributed by atoms with Gasteiger partial charge in [0.25, 0.3) is 0 Å². The van der Waals surface area contributed by atoms with Gasteiger partial charge in [-0.05, 0) is 54.1 Å². The molecule has 0 aliphatic rings. The van der Waals surface area contributed by atoms with Gasteiger partial charge in [0.2, 0.25) is 5.89 Å². The molecule has 0 radical (unpaired) electrons. The van der Waals surface area contributed by atoms with Gasteiger partial charge in [-0.2, -0.15) is 0 Å². The number of hydrogen-bond acceptors (Lipinski definition) is 6. The Morgan fingerprint density at radius 2 is 1.58 bits per heavy atom. The summed E-state index contributed by atoms with van der Waals surface area (Å²) in [6, 6.07) is 24.2. The summed E-state index contributed by atoms with van der Waals surface area (Å²) in [5, 5.41) is 0. The number of benzene rings is 3. The molecule has 0 aliphatic heterocycles. The van der Waals surface area contributed by atoms with E-state index in [1.807, 2.05) is 54.6 Å².